The van der Waals surface area contributed by atoms with Crippen LogP contribution in [0.2, 0.25) is 0 Å². The molecule has 14 heavy (non-hydrogen) atoms. The van der Waals surface area contributed by atoms with E-state index in [1.54, 1.807) is 7.05 Å². The first kappa shape index (κ1) is 9.05. The highest BCUT2D eigenvalue weighted by molar-refractivity contribution is 5.89. The molecular weight excluding hydrogens is 182 g/mol. The normalized spacial score (nSPS) is 17.6. The smallest absolute Gasteiger partial charge is 0.319 e. The summed E-state index contributed by atoms with van der Waals surface area (Å²) in [6.45, 7) is 2.11. The lowest BCUT2D eigenvalue weighted by atomic mass is 10.1. The van der Waals surface area contributed by atoms with Gasteiger partial charge >= 0.3 is 6.03 Å². The molecule has 0 saturated heterocycles. The van der Waals surface area contributed by atoms with Crippen molar-refractivity contribution in [3.05, 3.63) is 12.0 Å². The molecular formula is C9H13N3O2. The van der Waals surface area contributed by atoms with E-state index in [2.05, 4.69) is 22.7 Å². The topological polar surface area (TPSA) is 67.2 Å². The molecule has 0 spiro atoms. The summed E-state index contributed by atoms with van der Waals surface area (Å²) in [5.41, 5.74) is 1.62. The number of amides is 2. The SMILES string of the molecule is CNC(=O)Nc1conc1C1(C)CC1. The Morgan fingerprint density at radius 3 is 2.93 bits per heavy atom. The molecule has 2 amide bonds. The minimum Gasteiger partial charge on any atom is -0.362 e. The number of urea groups is 1. The van der Waals surface area contributed by atoms with Crippen LogP contribution in [0.25, 0.3) is 0 Å². The summed E-state index contributed by atoms with van der Waals surface area (Å²) in [5.74, 6) is 0. The van der Waals surface area contributed by atoms with Crippen LogP contribution in [-0.2, 0) is 5.41 Å². The second kappa shape index (κ2) is 3.01. The molecule has 1 heterocycles. The lowest BCUT2D eigenvalue weighted by molar-refractivity contribution is 0.254. The van der Waals surface area contributed by atoms with Crippen LogP contribution in [0.4, 0.5) is 10.5 Å². The third-order valence-corrected chi connectivity index (χ3v) is 2.62. The highest BCUT2D eigenvalue weighted by atomic mass is 16.5. The van der Waals surface area contributed by atoms with Crippen LogP contribution in [0, 0.1) is 0 Å². The zero-order valence-corrected chi connectivity index (χ0v) is 8.26. The summed E-state index contributed by atoms with van der Waals surface area (Å²) in [6.07, 6.45) is 3.66. The Morgan fingerprint density at radius 2 is 2.36 bits per heavy atom. The van der Waals surface area contributed by atoms with E-state index in [1.807, 2.05) is 0 Å². The van der Waals surface area contributed by atoms with Crippen molar-refractivity contribution in [3.8, 4) is 0 Å². The number of hydrogen-bond donors (Lipinski definition) is 2. The first-order valence-corrected chi connectivity index (χ1v) is 4.59. The number of nitrogens with one attached hydrogen (secondary N) is 2. The predicted octanol–water partition coefficient (Wildman–Crippen LogP) is 1.48. The van der Waals surface area contributed by atoms with Gasteiger partial charge in [0, 0.05) is 12.5 Å². The zero-order chi connectivity index (χ0) is 10.2. The molecule has 0 atom stereocenters. The minimum atomic E-state index is -0.251. The molecule has 0 bridgehead atoms. The predicted molar refractivity (Wildman–Crippen MR) is 51.2 cm³/mol. The van der Waals surface area contributed by atoms with Crippen molar-refractivity contribution in [3.63, 3.8) is 0 Å². The molecule has 76 valence electrons. The van der Waals surface area contributed by atoms with E-state index < -0.39 is 0 Å². The Morgan fingerprint density at radius 1 is 1.64 bits per heavy atom. The summed E-state index contributed by atoms with van der Waals surface area (Å²) in [7, 11) is 1.57. The fraction of sp³-hybridized carbons (Fsp3) is 0.556. The van der Waals surface area contributed by atoms with Gasteiger partial charge in [0.05, 0.1) is 0 Å². The summed E-state index contributed by atoms with van der Waals surface area (Å²) in [5, 5.41) is 9.08. The van der Waals surface area contributed by atoms with Crippen molar-refractivity contribution in [1.29, 1.82) is 0 Å². The number of carbonyl (C=O) groups excluding carboxylic acids is 1. The van der Waals surface area contributed by atoms with Gasteiger partial charge in [-0.2, -0.15) is 0 Å². The maximum Gasteiger partial charge on any atom is 0.319 e. The van der Waals surface area contributed by atoms with Crippen molar-refractivity contribution in [2.75, 3.05) is 12.4 Å². The van der Waals surface area contributed by atoms with Crippen LogP contribution in [0.15, 0.2) is 10.8 Å². The second-order valence-corrected chi connectivity index (χ2v) is 3.84. The van der Waals surface area contributed by atoms with Crippen molar-refractivity contribution >= 4 is 11.7 Å². The van der Waals surface area contributed by atoms with Gasteiger partial charge in [-0.05, 0) is 12.8 Å². The third kappa shape index (κ3) is 1.45. The van der Waals surface area contributed by atoms with E-state index in [9.17, 15) is 4.79 Å². The van der Waals surface area contributed by atoms with Crippen molar-refractivity contribution in [1.82, 2.24) is 10.5 Å². The fourth-order valence-corrected chi connectivity index (χ4v) is 1.37. The molecule has 1 saturated carbocycles. The van der Waals surface area contributed by atoms with E-state index in [4.69, 9.17) is 4.52 Å². The van der Waals surface area contributed by atoms with Crippen LogP contribution >= 0.6 is 0 Å². The Kier molecular flexibility index (Phi) is 1.94. The van der Waals surface area contributed by atoms with E-state index in [0.29, 0.717) is 5.69 Å². The van der Waals surface area contributed by atoms with Gasteiger partial charge in [-0.3, -0.25) is 0 Å². The zero-order valence-electron chi connectivity index (χ0n) is 8.26. The summed E-state index contributed by atoms with van der Waals surface area (Å²) < 4.78 is 4.87. The largest absolute Gasteiger partial charge is 0.362 e. The van der Waals surface area contributed by atoms with Gasteiger partial charge in [0.1, 0.15) is 17.6 Å². The van der Waals surface area contributed by atoms with Gasteiger partial charge in [0.15, 0.2) is 0 Å². The fourth-order valence-electron chi connectivity index (χ4n) is 1.37. The maximum absolute atomic E-state index is 11.1. The summed E-state index contributed by atoms with van der Waals surface area (Å²) in [6, 6.07) is -0.251. The molecule has 1 aliphatic carbocycles. The van der Waals surface area contributed by atoms with Gasteiger partial charge in [0.25, 0.3) is 0 Å². The Bertz CT molecular complexity index is 355. The minimum absolute atomic E-state index is 0.101. The molecule has 0 radical (unpaired) electrons. The maximum atomic E-state index is 11.1. The number of rotatable bonds is 2. The average molecular weight is 195 g/mol. The van der Waals surface area contributed by atoms with Gasteiger partial charge < -0.3 is 15.2 Å². The van der Waals surface area contributed by atoms with E-state index in [-0.39, 0.29) is 11.4 Å². The molecule has 0 aliphatic heterocycles. The lowest BCUT2D eigenvalue weighted by Gasteiger charge is -2.07. The highest BCUT2D eigenvalue weighted by Crippen LogP contribution is 2.49. The highest BCUT2D eigenvalue weighted by Gasteiger charge is 2.43. The van der Waals surface area contributed by atoms with E-state index in [0.717, 1.165) is 18.5 Å². The summed E-state index contributed by atoms with van der Waals surface area (Å²) in [4.78, 5) is 11.1. The quantitative estimate of drug-likeness (QED) is 0.751. The standard InChI is InChI=1S/C9H13N3O2/c1-9(3-4-9)7-6(5-14-12-7)11-8(13)10-2/h5H,3-4H2,1-2H3,(H2,10,11,13). The Balaban J connectivity index is 2.18. The van der Waals surface area contributed by atoms with Gasteiger partial charge in [0.2, 0.25) is 0 Å². The lowest BCUT2D eigenvalue weighted by Crippen LogP contribution is -2.25. The third-order valence-electron chi connectivity index (χ3n) is 2.62. The number of aromatic nitrogens is 1. The van der Waals surface area contributed by atoms with Gasteiger partial charge in [-0.1, -0.05) is 12.1 Å². The Labute approximate surface area is 81.8 Å². The van der Waals surface area contributed by atoms with Crippen LogP contribution in [0.1, 0.15) is 25.5 Å². The number of anilines is 1. The summed E-state index contributed by atoms with van der Waals surface area (Å²) >= 11 is 0. The van der Waals surface area contributed by atoms with Crippen LogP contribution in [0.3, 0.4) is 0 Å². The molecule has 2 N–H and O–H groups in total. The molecule has 1 aromatic heterocycles. The molecule has 5 heteroatoms. The van der Waals surface area contributed by atoms with Crippen LogP contribution in [0.5, 0.6) is 0 Å². The Hall–Kier alpha value is -1.52. The van der Waals surface area contributed by atoms with Crippen molar-refractivity contribution in [2.45, 2.75) is 25.2 Å². The molecule has 1 aromatic rings. The number of nitrogens with zero attached hydrogens (tertiary/aromatic N) is 1. The first-order chi connectivity index (χ1) is 6.65. The second-order valence-electron chi connectivity index (χ2n) is 3.84. The van der Waals surface area contributed by atoms with Gasteiger partial charge in [-0.25, -0.2) is 4.79 Å². The van der Waals surface area contributed by atoms with E-state index >= 15 is 0 Å². The average Bonchev–Trinajstić information content (AvgIpc) is 2.75. The molecule has 0 unspecified atom stereocenters. The van der Waals surface area contributed by atoms with Crippen molar-refractivity contribution in [2.24, 2.45) is 0 Å². The molecule has 1 fully saturated rings. The van der Waals surface area contributed by atoms with Crippen LogP contribution in [-0.4, -0.2) is 18.2 Å². The number of hydrogen-bond acceptors (Lipinski definition) is 3. The number of carbonyl (C=O) groups is 1. The molecule has 2 rings (SSSR count). The first-order valence-electron chi connectivity index (χ1n) is 4.59. The molecule has 0 aromatic carbocycles. The van der Waals surface area contributed by atoms with Gasteiger partial charge in [-0.15, -0.1) is 0 Å². The molecule has 5 nitrogen and oxygen atoms in total. The van der Waals surface area contributed by atoms with Crippen LogP contribution < -0.4 is 10.6 Å². The van der Waals surface area contributed by atoms with Crippen molar-refractivity contribution < 1.29 is 9.32 Å². The van der Waals surface area contributed by atoms with E-state index in [1.165, 1.54) is 6.26 Å². The molecule has 1 aliphatic rings. The monoisotopic (exact) mass is 195 g/mol.